The molecule has 0 saturated heterocycles. The van der Waals surface area contributed by atoms with Gasteiger partial charge in [-0.2, -0.15) is 0 Å². The molecule has 0 aromatic carbocycles. The van der Waals surface area contributed by atoms with Gasteiger partial charge in [-0.15, -0.1) is 10.2 Å². The highest BCUT2D eigenvalue weighted by atomic mass is 16.2. The molecule has 1 fully saturated rings. The number of hydrogen-bond donors (Lipinski definition) is 2. The molecular weight excluding hydrogens is 278 g/mol. The highest BCUT2D eigenvalue weighted by Gasteiger charge is 2.18. The number of amides is 2. The molecule has 0 spiro atoms. The fourth-order valence-electron chi connectivity index (χ4n) is 3.07. The van der Waals surface area contributed by atoms with Gasteiger partial charge in [0.05, 0.1) is 6.04 Å². The van der Waals surface area contributed by atoms with Gasteiger partial charge >= 0.3 is 6.03 Å². The van der Waals surface area contributed by atoms with Gasteiger partial charge in [0.2, 0.25) is 0 Å². The molecule has 2 amide bonds. The second-order valence-electron chi connectivity index (χ2n) is 6.02. The topological polar surface area (TPSA) is 71.3 Å². The Morgan fingerprint density at radius 3 is 2.77 bits per heavy atom. The maximum atomic E-state index is 12.2. The van der Waals surface area contributed by atoms with Gasteiger partial charge in [0.15, 0.2) is 11.5 Å². The minimum atomic E-state index is -0.192. The number of fused-ring (bicyclic) bond motifs is 1. The lowest BCUT2D eigenvalue weighted by atomic mass is 10.1. The maximum Gasteiger partial charge on any atom is 0.315 e. The van der Waals surface area contributed by atoms with E-state index in [-0.39, 0.29) is 12.1 Å². The van der Waals surface area contributed by atoms with Gasteiger partial charge in [0.25, 0.3) is 0 Å². The predicted octanol–water partition coefficient (Wildman–Crippen LogP) is 2.81. The zero-order valence-corrected chi connectivity index (χ0v) is 13.0. The zero-order valence-electron chi connectivity index (χ0n) is 13.0. The second kappa shape index (κ2) is 6.77. The third-order valence-corrected chi connectivity index (χ3v) is 4.27. The monoisotopic (exact) mass is 301 g/mol. The molecular formula is C16H23N5O. The summed E-state index contributed by atoms with van der Waals surface area (Å²) < 4.78 is 1.90. The zero-order chi connectivity index (χ0) is 15.4. The third kappa shape index (κ3) is 3.37. The van der Waals surface area contributed by atoms with E-state index in [1.54, 1.807) is 0 Å². The number of urea groups is 1. The molecule has 1 aliphatic rings. The fraction of sp³-hybridized carbons (Fsp3) is 0.562. The molecule has 1 saturated carbocycles. The van der Waals surface area contributed by atoms with Gasteiger partial charge in [0, 0.05) is 12.2 Å². The van der Waals surface area contributed by atoms with E-state index in [2.05, 4.69) is 20.8 Å². The summed E-state index contributed by atoms with van der Waals surface area (Å²) in [4.78, 5) is 12.2. The lowest BCUT2D eigenvalue weighted by molar-refractivity contribution is 0.232. The Morgan fingerprint density at radius 2 is 2.00 bits per heavy atom. The first-order valence-corrected chi connectivity index (χ1v) is 8.11. The van der Waals surface area contributed by atoms with Gasteiger partial charge in [-0.1, -0.05) is 31.7 Å². The average Bonchev–Trinajstić information content (AvgIpc) is 2.78. The van der Waals surface area contributed by atoms with E-state index in [0.717, 1.165) is 24.3 Å². The Morgan fingerprint density at radius 1 is 1.23 bits per heavy atom. The van der Waals surface area contributed by atoms with Crippen LogP contribution in [0, 0.1) is 0 Å². The van der Waals surface area contributed by atoms with Crippen molar-refractivity contribution < 1.29 is 4.79 Å². The van der Waals surface area contributed by atoms with Crippen LogP contribution in [0.4, 0.5) is 4.79 Å². The molecule has 2 heterocycles. The third-order valence-electron chi connectivity index (χ3n) is 4.27. The minimum Gasteiger partial charge on any atom is -0.335 e. The van der Waals surface area contributed by atoms with Crippen molar-refractivity contribution in [2.75, 3.05) is 0 Å². The van der Waals surface area contributed by atoms with Gasteiger partial charge in [-0.05, 0) is 31.9 Å². The molecule has 22 heavy (non-hydrogen) atoms. The van der Waals surface area contributed by atoms with E-state index in [4.69, 9.17) is 0 Å². The molecule has 0 aliphatic heterocycles. The van der Waals surface area contributed by atoms with Crippen molar-refractivity contribution in [1.29, 1.82) is 0 Å². The van der Waals surface area contributed by atoms with Crippen molar-refractivity contribution in [2.45, 2.75) is 57.5 Å². The molecule has 2 aromatic rings. The van der Waals surface area contributed by atoms with Gasteiger partial charge < -0.3 is 10.6 Å². The van der Waals surface area contributed by atoms with Crippen LogP contribution in [-0.4, -0.2) is 26.7 Å². The van der Waals surface area contributed by atoms with E-state index in [9.17, 15) is 4.79 Å². The normalized spacial score (nSPS) is 17.9. The molecule has 1 aliphatic carbocycles. The largest absolute Gasteiger partial charge is 0.335 e. The van der Waals surface area contributed by atoms with Crippen molar-refractivity contribution in [3.05, 3.63) is 30.2 Å². The average molecular weight is 301 g/mol. The van der Waals surface area contributed by atoms with E-state index in [0.29, 0.717) is 6.04 Å². The maximum absolute atomic E-state index is 12.2. The van der Waals surface area contributed by atoms with Crippen molar-refractivity contribution >= 4 is 11.7 Å². The molecule has 118 valence electrons. The van der Waals surface area contributed by atoms with Crippen molar-refractivity contribution in [3.63, 3.8) is 0 Å². The Balaban J connectivity index is 1.61. The van der Waals surface area contributed by atoms with E-state index >= 15 is 0 Å². The van der Waals surface area contributed by atoms with E-state index < -0.39 is 0 Å². The highest BCUT2D eigenvalue weighted by Crippen LogP contribution is 2.17. The van der Waals surface area contributed by atoms with Crippen LogP contribution in [0.25, 0.3) is 5.65 Å². The number of pyridine rings is 1. The smallest absolute Gasteiger partial charge is 0.315 e. The number of nitrogens with one attached hydrogen (secondary N) is 2. The first-order valence-electron chi connectivity index (χ1n) is 8.11. The minimum absolute atomic E-state index is 0.118. The molecule has 2 N–H and O–H groups in total. The molecule has 0 bridgehead atoms. The number of nitrogens with zero attached hydrogens (tertiary/aromatic N) is 3. The van der Waals surface area contributed by atoms with Crippen LogP contribution < -0.4 is 10.6 Å². The van der Waals surface area contributed by atoms with Crippen LogP contribution in [0.2, 0.25) is 0 Å². The number of carbonyl (C=O) groups is 1. The molecule has 6 nitrogen and oxygen atoms in total. The molecule has 2 aromatic heterocycles. The number of aromatic nitrogens is 3. The summed E-state index contributed by atoms with van der Waals surface area (Å²) in [6.45, 7) is 1.93. The Labute approximate surface area is 130 Å². The Hall–Kier alpha value is -2.11. The van der Waals surface area contributed by atoms with Gasteiger partial charge in [0.1, 0.15) is 0 Å². The lowest BCUT2D eigenvalue weighted by Gasteiger charge is -2.19. The highest BCUT2D eigenvalue weighted by molar-refractivity contribution is 5.74. The molecule has 1 atom stereocenters. The summed E-state index contributed by atoms with van der Waals surface area (Å²) >= 11 is 0. The molecule has 1 unspecified atom stereocenters. The van der Waals surface area contributed by atoms with Crippen LogP contribution in [-0.2, 0) is 0 Å². The van der Waals surface area contributed by atoms with Gasteiger partial charge in [-0.25, -0.2) is 4.79 Å². The second-order valence-corrected chi connectivity index (χ2v) is 6.02. The number of hydrogen-bond acceptors (Lipinski definition) is 3. The molecule has 6 heteroatoms. The summed E-state index contributed by atoms with van der Waals surface area (Å²) in [5.41, 5.74) is 0.787. The van der Waals surface area contributed by atoms with Crippen molar-refractivity contribution in [2.24, 2.45) is 0 Å². The number of rotatable bonds is 3. The Bertz CT molecular complexity index is 630. The molecule has 3 rings (SSSR count). The van der Waals surface area contributed by atoms with Crippen LogP contribution in [0.1, 0.15) is 57.3 Å². The summed E-state index contributed by atoms with van der Waals surface area (Å²) in [5.74, 6) is 0.742. The van der Waals surface area contributed by atoms with Crippen LogP contribution in [0.5, 0.6) is 0 Å². The molecule has 0 radical (unpaired) electrons. The summed E-state index contributed by atoms with van der Waals surface area (Å²) in [5, 5.41) is 14.4. The van der Waals surface area contributed by atoms with E-state index in [1.165, 1.54) is 25.7 Å². The van der Waals surface area contributed by atoms with Gasteiger partial charge in [-0.3, -0.25) is 4.40 Å². The first kappa shape index (κ1) is 14.8. The van der Waals surface area contributed by atoms with Crippen LogP contribution in [0.15, 0.2) is 24.4 Å². The number of carbonyl (C=O) groups excluding carboxylic acids is 1. The fourth-order valence-corrected chi connectivity index (χ4v) is 3.07. The standard InChI is InChI=1S/C16H23N5O/c1-12(15-20-19-14-10-6-7-11-21(14)15)17-16(22)18-13-8-4-2-3-5-9-13/h6-7,10-13H,2-5,8-9H2,1H3,(H2,17,18,22). The summed E-state index contributed by atoms with van der Waals surface area (Å²) in [6, 6.07) is 5.73. The van der Waals surface area contributed by atoms with Crippen molar-refractivity contribution in [3.8, 4) is 0 Å². The summed E-state index contributed by atoms with van der Waals surface area (Å²) in [7, 11) is 0. The quantitative estimate of drug-likeness (QED) is 0.856. The predicted molar refractivity (Wildman–Crippen MR) is 84.6 cm³/mol. The van der Waals surface area contributed by atoms with Crippen molar-refractivity contribution in [1.82, 2.24) is 25.2 Å². The van der Waals surface area contributed by atoms with E-state index in [1.807, 2.05) is 35.7 Å². The lowest BCUT2D eigenvalue weighted by Crippen LogP contribution is -2.43. The van der Waals surface area contributed by atoms with Crippen LogP contribution >= 0.6 is 0 Å². The first-order chi connectivity index (χ1) is 10.7. The van der Waals surface area contributed by atoms with Crippen LogP contribution in [0.3, 0.4) is 0 Å². The SMILES string of the molecule is CC(NC(=O)NC1CCCCCC1)c1nnc2ccccn12. The summed E-state index contributed by atoms with van der Waals surface area (Å²) in [6.07, 6.45) is 9.03. The Kier molecular flexibility index (Phi) is 4.56.